The maximum absolute atomic E-state index is 11.7. The number of hydrogen-bond acceptors (Lipinski definition) is 8. The summed E-state index contributed by atoms with van der Waals surface area (Å²) in [7, 11) is 0. The van der Waals surface area contributed by atoms with E-state index in [0.29, 0.717) is 6.61 Å². The van der Waals surface area contributed by atoms with Gasteiger partial charge in [-0.05, 0) is 22.3 Å². The van der Waals surface area contributed by atoms with Crippen LogP contribution in [0.5, 0.6) is 0 Å². The number of carboxylic acid groups (broad SMARTS) is 1. The zero-order valence-corrected chi connectivity index (χ0v) is 26.3. The second-order valence-electron chi connectivity index (χ2n) is 11.7. The fraction of sp³-hybridized carbons (Fsp3) is 0.342. The highest BCUT2D eigenvalue weighted by Gasteiger charge is 2.51. The van der Waals surface area contributed by atoms with E-state index in [1.54, 1.807) is 0 Å². The monoisotopic (exact) mass is 641 g/mol. The van der Waals surface area contributed by atoms with E-state index in [9.17, 15) is 15.0 Å². The number of carbonyl (C=O) groups is 1. The molecule has 9 nitrogen and oxygen atoms in total. The van der Waals surface area contributed by atoms with E-state index in [1.165, 1.54) is 0 Å². The highest BCUT2D eigenvalue weighted by molar-refractivity contribution is 5.73. The van der Waals surface area contributed by atoms with Crippen molar-refractivity contribution in [3.8, 4) is 0 Å². The quantitative estimate of drug-likeness (QED) is 0.148. The molecule has 0 spiro atoms. The van der Waals surface area contributed by atoms with Crippen LogP contribution in [-0.4, -0.2) is 65.5 Å². The van der Waals surface area contributed by atoms with E-state index in [1.807, 2.05) is 121 Å². The molecule has 1 aliphatic heterocycles. The van der Waals surface area contributed by atoms with Crippen molar-refractivity contribution in [2.24, 2.45) is 5.73 Å². The van der Waals surface area contributed by atoms with Crippen LogP contribution in [0.25, 0.3) is 0 Å². The summed E-state index contributed by atoms with van der Waals surface area (Å²) in [5, 5.41) is 21.0. The predicted octanol–water partition coefficient (Wildman–Crippen LogP) is 4.89. The summed E-state index contributed by atoms with van der Waals surface area (Å²) in [6.07, 6.45) is -5.47. The van der Waals surface area contributed by atoms with Crippen LogP contribution in [0.1, 0.15) is 28.7 Å². The zero-order valence-electron chi connectivity index (χ0n) is 26.3. The largest absolute Gasteiger partial charge is 0.480 e. The van der Waals surface area contributed by atoms with Crippen LogP contribution in [0.15, 0.2) is 121 Å². The van der Waals surface area contributed by atoms with Gasteiger partial charge >= 0.3 is 5.97 Å². The number of hydrogen-bond donors (Lipinski definition) is 3. The zero-order chi connectivity index (χ0) is 32.8. The summed E-state index contributed by atoms with van der Waals surface area (Å²) >= 11 is 0. The fourth-order valence-electron chi connectivity index (χ4n) is 5.63. The number of aliphatic hydroxyl groups excluding tert-OH is 1. The van der Waals surface area contributed by atoms with Crippen LogP contribution in [0.3, 0.4) is 0 Å². The van der Waals surface area contributed by atoms with Crippen LogP contribution < -0.4 is 5.73 Å². The lowest BCUT2D eigenvalue weighted by Crippen LogP contribution is -2.64. The van der Waals surface area contributed by atoms with Crippen molar-refractivity contribution in [1.29, 1.82) is 0 Å². The summed E-state index contributed by atoms with van der Waals surface area (Å²) in [6.45, 7) is 1.19. The van der Waals surface area contributed by atoms with Gasteiger partial charge in [-0.15, -0.1) is 0 Å². The molecule has 4 aromatic carbocycles. The first-order valence-corrected chi connectivity index (χ1v) is 15.9. The molecule has 0 amide bonds. The molecule has 7 atom stereocenters. The minimum atomic E-state index is -1.30. The Morgan fingerprint density at radius 1 is 0.638 bits per heavy atom. The van der Waals surface area contributed by atoms with E-state index >= 15 is 0 Å². The number of aliphatic carboxylic acids is 1. The van der Waals surface area contributed by atoms with Gasteiger partial charge in [0, 0.05) is 6.42 Å². The second-order valence-corrected chi connectivity index (χ2v) is 11.7. The van der Waals surface area contributed by atoms with E-state index in [0.717, 1.165) is 22.3 Å². The Balaban J connectivity index is 1.47. The maximum Gasteiger partial charge on any atom is 0.320 e. The molecular weight excluding hydrogens is 598 g/mol. The van der Waals surface area contributed by atoms with Gasteiger partial charge in [-0.25, -0.2) is 0 Å². The van der Waals surface area contributed by atoms with Gasteiger partial charge in [-0.2, -0.15) is 0 Å². The molecule has 9 heteroatoms. The minimum Gasteiger partial charge on any atom is -0.480 e. The topological polar surface area (TPSA) is 130 Å². The van der Waals surface area contributed by atoms with Crippen LogP contribution in [0, 0.1) is 0 Å². The van der Waals surface area contributed by atoms with Gasteiger partial charge in [0.25, 0.3) is 0 Å². The summed E-state index contributed by atoms with van der Waals surface area (Å²) in [5.41, 5.74) is 9.71. The molecule has 0 unspecified atom stereocenters. The number of carboxylic acids is 1. The molecule has 0 radical (unpaired) electrons. The average molecular weight is 642 g/mol. The van der Waals surface area contributed by atoms with E-state index < -0.39 is 48.6 Å². The SMILES string of the molecule is N[C@@H](C[C@H](O)[C@@H]1O[C@H](COCc2ccccc2)[C@@H](OCc2ccccc2)[C@H](OCc2ccccc2)[C@H]1OCc1ccccc1)C(=O)O. The molecule has 0 aromatic heterocycles. The van der Waals surface area contributed by atoms with E-state index in [4.69, 9.17) is 29.4 Å². The van der Waals surface area contributed by atoms with Crippen LogP contribution >= 0.6 is 0 Å². The molecule has 4 aromatic rings. The van der Waals surface area contributed by atoms with Crippen molar-refractivity contribution in [3.63, 3.8) is 0 Å². The normalized spacial score (nSPS) is 22.4. The molecule has 5 rings (SSSR count). The van der Waals surface area contributed by atoms with Gasteiger partial charge in [-0.1, -0.05) is 121 Å². The lowest BCUT2D eigenvalue weighted by atomic mass is 9.89. The molecule has 1 heterocycles. The van der Waals surface area contributed by atoms with Gasteiger partial charge in [-0.3, -0.25) is 4.79 Å². The average Bonchev–Trinajstić information content (AvgIpc) is 3.11. The lowest BCUT2D eigenvalue weighted by molar-refractivity contribution is -0.287. The highest BCUT2D eigenvalue weighted by atomic mass is 16.6. The molecule has 4 N–H and O–H groups in total. The predicted molar refractivity (Wildman–Crippen MR) is 176 cm³/mol. The molecule has 1 saturated heterocycles. The van der Waals surface area contributed by atoms with Gasteiger partial charge in [0.2, 0.25) is 0 Å². The van der Waals surface area contributed by atoms with Crippen molar-refractivity contribution in [2.75, 3.05) is 6.61 Å². The summed E-state index contributed by atoms with van der Waals surface area (Å²) in [4.78, 5) is 11.7. The Kier molecular flexibility index (Phi) is 13.1. The Morgan fingerprint density at radius 2 is 1.04 bits per heavy atom. The Labute approximate surface area is 275 Å². The Bertz CT molecular complexity index is 1460. The third-order valence-corrected chi connectivity index (χ3v) is 8.11. The molecular formula is C38H43NO8. The minimum absolute atomic E-state index is 0.124. The first-order chi connectivity index (χ1) is 23.0. The number of ether oxygens (including phenoxy) is 5. The number of nitrogens with two attached hydrogens (primary N) is 1. The first-order valence-electron chi connectivity index (χ1n) is 15.9. The molecule has 0 saturated carbocycles. The third-order valence-electron chi connectivity index (χ3n) is 8.11. The Morgan fingerprint density at radius 3 is 1.49 bits per heavy atom. The number of benzene rings is 4. The molecule has 0 aliphatic carbocycles. The van der Waals surface area contributed by atoms with Crippen molar-refractivity contribution < 1.29 is 38.7 Å². The second kappa shape index (κ2) is 17.8. The smallest absolute Gasteiger partial charge is 0.320 e. The number of aliphatic hydroxyl groups is 1. The van der Waals surface area contributed by atoms with E-state index in [2.05, 4.69) is 0 Å². The number of rotatable bonds is 17. The van der Waals surface area contributed by atoms with E-state index in [-0.39, 0.29) is 32.8 Å². The molecule has 0 bridgehead atoms. The lowest BCUT2D eigenvalue weighted by Gasteiger charge is -2.47. The van der Waals surface area contributed by atoms with Gasteiger partial charge in [0.1, 0.15) is 36.6 Å². The highest BCUT2D eigenvalue weighted by Crippen LogP contribution is 2.33. The van der Waals surface area contributed by atoms with Crippen LogP contribution in [0.4, 0.5) is 0 Å². The van der Waals surface area contributed by atoms with Crippen LogP contribution in [-0.2, 0) is 54.9 Å². The summed E-state index contributed by atoms with van der Waals surface area (Å²) in [6, 6.07) is 37.7. The first kappa shape index (κ1) is 34.4. The van der Waals surface area contributed by atoms with Crippen molar-refractivity contribution >= 4 is 5.97 Å². The molecule has 248 valence electrons. The van der Waals surface area contributed by atoms with Crippen molar-refractivity contribution in [3.05, 3.63) is 144 Å². The molecule has 1 fully saturated rings. The van der Waals surface area contributed by atoms with Crippen molar-refractivity contribution in [2.45, 2.75) is 75.5 Å². The molecule has 47 heavy (non-hydrogen) atoms. The standard InChI is InChI=1S/C38H43NO8/c39-31(38(41)42)21-32(40)34-36(45-24-29-17-9-3-10-18-29)37(46-25-30-19-11-4-12-20-30)35(44-23-28-15-7-2-8-16-28)33(47-34)26-43-22-27-13-5-1-6-14-27/h1-20,31-37,40H,21-26,39H2,(H,41,42)/t31-,32-,33+,34-,35+,36-,37-/m0/s1. The maximum atomic E-state index is 11.7. The Hall–Kier alpha value is -3.93. The summed E-state index contributed by atoms with van der Waals surface area (Å²) in [5.74, 6) is -1.22. The fourth-order valence-corrected chi connectivity index (χ4v) is 5.63. The molecule has 1 aliphatic rings. The summed E-state index contributed by atoms with van der Waals surface area (Å²) < 4.78 is 32.6. The van der Waals surface area contributed by atoms with Crippen LogP contribution in [0.2, 0.25) is 0 Å². The van der Waals surface area contributed by atoms with Crippen molar-refractivity contribution in [1.82, 2.24) is 0 Å². The third kappa shape index (κ3) is 10.3. The van der Waals surface area contributed by atoms with Gasteiger partial charge in [0.05, 0.1) is 39.1 Å². The van der Waals surface area contributed by atoms with Gasteiger partial charge in [0.15, 0.2) is 0 Å². The van der Waals surface area contributed by atoms with Gasteiger partial charge < -0.3 is 39.6 Å².